The van der Waals surface area contributed by atoms with E-state index in [1.54, 1.807) is 13.8 Å². The zero-order valence-electron chi connectivity index (χ0n) is 10.7. The Morgan fingerprint density at radius 1 is 1.47 bits per heavy atom. The summed E-state index contributed by atoms with van der Waals surface area (Å²) in [5.41, 5.74) is 0.241. The molecule has 19 heavy (non-hydrogen) atoms. The molecule has 1 rings (SSSR count). The van der Waals surface area contributed by atoms with Crippen molar-refractivity contribution in [2.24, 2.45) is 0 Å². The molecule has 0 aliphatic rings. The number of nitrogens with zero attached hydrogens (tertiary/aromatic N) is 1. The Labute approximate surface area is 115 Å². The topological polar surface area (TPSA) is 57.6 Å². The number of aliphatic carboxylic acids is 1. The maximum absolute atomic E-state index is 13.0. The number of amides is 1. The van der Waals surface area contributed by atoms with Gasteiger partial charge in [-0.1, -0.05) is 11.6 Å². The number of hydrogen-bond donors (Lipinski definition) is 1. The van der Waals surface area contributed by atoms with E-state index in [1.807, 2.05) is 0 Å². The zero-order chi connectivity index (χ0) is 14.6. The molecule has 4 nitrogen and oxygen atoms in total. The lowest BCUT2D eigenvalue weighted by Gasteiger charge is -2.27. The van der Waals surface area contributed by atoms with Gasteiger partial charge in [0.1, 0.15) is 5.82 Å². The number of rotatable bonds is 5. The fourth-order valence-corrected chi connectivity index (χ4v) is 1.99. The van der Waals surface area contributed by atoms with Gasteiger partial charge in [-0.05, 0) is 32.0 Å². The average Bonchev–Trinajstić information content (AvgIpc) is 2.32. The maximum Gasteiger partial charge on any atom is 0.305 e. The first-order valence-electron chi connectivity index (χ1n) is 5.84. The van der Waals surface area contributed by atoms with Crippen LogP contribution in [0.4, 0.5) is 4.39 Å². The molecule has 104 valence electrons. The molecular weight excluding hydrogens is 273 g/mol. The molecular formula is C13H15ClFNO3. The minimum absolute atomic E-state index is 0.132. The second-order valence-corrected chi connectivity index (χ2v) is 4.57. The predicted molar refractivity (Wildman–Crippen MR) is 69.8 cm³/mol. The highest BCUT2D eigenvalue weighted by Crippen LogP contribution is 2.18. The van der Waals surface area contributed by atoms with Gasteiger partial charge in [0.2, 0.25) is 0 Å². The molecule has 1 aromatic rings. The van der Waals surface area contributed by atoms with Gasteiger partial charge >= 0.3 is 5.97 Å². The first-order valence-corrected chi connectivity index (χ1v) is 6.22. The Morgan fingerprint density at radius 3 is 2.58 bits per heavy atom. The van der Waals surface area contributed by atoms with E-state index >= 15 is 0 Å². The lowest BCUT2D eigenvalue weighted by molar-refractivity contribution is -0.138. The molecule has 0 heterocycles. The summed E-state index contributed by atoms with van der Waals surface area (Å²) in [6.07, 6.45) is -0.144. The monoisotopic (exact) mass is 287 g/mol. The maximum atomic E-state index is 13.0. The van der Waals surface area contributed by atoms with Crippen LogP contribution in [0.15, 0.2) is 18.2 Å². The molecule has 0 bridgehead atoms. The first-order chi connectivity index (χ1) is 8.86. The molecule has 0 fully saturated rings. The summed E-state index contributed by atoms with van der Waals surface area (Å²) in [5.74, 6) is -1.94. The highest BCUT2D eigenvalue weighted by Gasteiger charge is 2.22. The van der Waals surface area contributed by atoms with Crippen LogP contribution in [-0.2, 0) is 4.79 Å². The lowest BCUT2D eigenvalue weighted by atomic mass is 10.1. The third-order valence-electron chi connectivity index (χ3n) is 2.77. The van der Waals surface area contributed by atoms with Crippen LogP contribution in [0.25, 0.3) is 0 Å². The van der Waals surface area contributed by atoms with Crippen molar-refractivity contribution in [2.45, 2.75) is 26.3 Å². The second kappa shape index (κ2) is 6.52. The largest absolute Gasteiger partial charge is 0.481 e. The summed E-state index contributed by atoms with van der Waals surface area (Å²) in [5, 5.41) is 8.62. The van der Waals surface area contributed by atoms with Crippen molar-refractivity contribution in [3.05, 3.63) is 34.6 Å². The van der Waals surface area contributed by atoms with Gasteiger partial charge in [-0.2, -0.15) is 0 Å². The van der Waals surface area contributed by atoms with Crippen LogP contribution in [0.3, 0.4) is 0 Å². The van der Waals surface area contributed by atoms with E-state index in [0.717, 1.165) is 6.07 Å². The molecule has 1 unspecified atom stereocenters. The number of carboxylic acids is 1. The van der Waals surface area contributed by atoms with Gasteiger partial charge in [0.05, 0.1) is 11.4 Å². The van der Waals surface area contributed by atoms with E-state index in [-0.39, 0.29) is 22.9 Å². The minimum atomic E-state index is -0.976. The fraction of sp³-hybridized carbons (Fsp3) is 0.385. The quantitative estimate of drug-likeness (QED) is 0.906. The van der Waals surface area contributed by atoms with E-state index in [0.29, 0.717) is 6.54 Å². The third-order valence-corrected chi connectivity index (χ3v) is 3.06. The Balaban J connectivity index is 2.94. The first kappa shape index (κ1) is 15.4. The minimum Gasteiger partial charge on any atom is -0.481 e. The van der Waals surface area contributed by atoms with Crippen molar-refractivity contribution >= 4 is 23.5 Å². The molecule has 0 aliphatic heterocycles. The summed E-state index contributed by atoms with van der Waals surface area (Å²) in [4.78, 5) is 24.3. The number of benzene rings is 1. The molecule has 1 N–H and O–H groups in total. The van der Waals surface area contributed by atoms with Crippen molar-refractivity contribution < 1.29 is 19.1 Å². The predicted octanol–water partition coefficient (Wildman–Crippen LogP) is 2.80. The van der Waals surface area contributed by atoms with Crippen LogP contribution in [0.2, 0.25) is 5.02 Å². The van der Waals surface area contributed by atoms with Gasteiger partial charge in [0.15, 0.2) is 0 Å². The third kappa shape index (κ3) is 3.92. The van der Waals surface area contributed by atoms with Crippen LogP contribution < -0.4 is 0 Å². The van der Waals surface area contributed by atoms with Gasteiger partial charge < -0.3 is 10.0 Å². The Bertz CT molecular complexity index is 493. The summed E-state index contributed by atoms with van der Waals surface area (Å²) in [6, 6.07) is 3.25. The number of hydrogen-bond acceptors (Lipinski definition) is 2. The van der Waals surface area contributed by atoms with Crippen LogP contribution in [0, 0.1) is 5.82 Å². The molecule has 1 atom stereocenters. The van der Waals surface area contributed by atoms with E-state index in [4.69, 9.17) is 16.7 Å². The van der Waals surface area contributed by atoms with Gasteiger partial charge in [0.25, 0.3) is 5.91 Å². The standard InChI is InChI=1S/C13H15ClFNO3/c1-3-16(8(2)6-12(17)18)13(19)9-4-5-11(15)10(14)7-9/h4-5,7-8H,3,6H2,1-2H3,(H,17,18). The van der Waals surface area contributed by atoms with Crippen LogP contribution in [-0.4, -0.2) is 34.5 Å². The van der Waals surface area contributed by atoms with Crippen molar-refractivity contribution in [3.63, 3.8) is 0 Å². The van der Waals surface area contributed by atoms with E-state index < -0.39 is 17.8 Å². The highest BCUT2D eigenvalue weighted by atomic mass is 35.5. The van der Waals surface area contributed by atoms with Gasteiger partial charge in [-0.25, -0.2) is 4.39 Å². The number of halogens is 2. The second-order valence-electron chi connectivity index (χ2n) is 4.17. The van der Waals surface area contributed by atoms with E-state index in [1.165, 1.54) is 17.0 Å². The Hall–Kier alpha value is -1.62. The number of carbonyl (C=O) groups excluding carboxylic acids is 1. The normalized spacial score (nSPS) is 12.0. The molecule has 0 saturated heterocycles. The molecule has 0 aliphatic carbocycles. The van der Waals surface area contributed by atoms with E-state index in [9.17, 15) is 14.0 Å². The van der Waals surface area contributed by atoms with Gasteiger partial charge in [0, 0.05) is 18.2 Å². The summed E-state index contributed by atoms with van der Waals surface area (Å²) >= 11 is 5.63. The summed E-state index contributed by atoms with van der Waals surface area (Å²) < 4.78 is 13.0. The molecule has 0 spiro atoms. The van der Waals surface area contributed by atoms with Crippen LogP contribution >= 0.6 is 11.6 Å². The summed E-state index contributed by atoms with van der Waals surface area (Å²) in [7, 11) is 0. The van der Waals surface area contributed by atoms with Crippen molar-refractivity contribution in [1.29, 1.82) is 0 Å². The highest BCUT2D eigenvalue weighted by molar-refractivity contribution is 6.31. The van der Waals surface area contributed by atoms with Crippen LogP contribution in [0.1, 0.15) is 30.6 Å². The van der Waals surface area contributed by atoms with Crippen molar-refractivity contribution in [3.8, 4) is 0 Å². The molecule has 6 heteroatoms. The van der Waals surface area contributed by atoms with Crippen LogP contribution in [0.5, 0.6) is 0 Å². The van der Waals surface area contributed by atoms with Crippen molar-refractivity contribution in [1.82, 2.24) is 4.90 Å². The average molecular weight is 288 g/mol. The molecule has 1 amide bonds. The number of carbonyl (C=O) groups is 2. The zero-order valence-corrected chi connectivity index (χ0v) is 11.4. The van der Waals surface area contributed by atoms with Gasteiger partial charge in [-0.15, -0.1) is 0 Å². The fourth-order valence-electron chi connectivity index (χ4n) is 1.81. The molecule has 1 aromatic carbocycles. The molecule has 0 radical (unpaired) electrons. The van der Waals surface area contributed by atoms with E-state index in [2.05, 4.69) is 0 Å². The Kier molecular flexibility index (Phi) is 5.30. The molecule has 0 aromatic heterocycles. The summed E-state index contributed by atoms with van der Waals surface area (Å²) in [6.45, 7) is 3.77. The number of carboxylic acid groups (broad SMARTS) is 1. The molecule has 0 saturated carbocycles. The lowest BCUT2D eigenvalue weighted by Crippen LogP contribution is -2.39. The Morgan fingerprint density at radius 2 is 2.11 bits per heavy atom. The van der Waals surface area contributed by atoms with Crippen molar-refractivity contribution in [2.75, 3.05) is 6.54 Å². The smallest absolute Gasteiger partial charge is 0.305 e. The van der Waals surface area contributed by atoms with Gasteiger partial charge in [-0.3, -0.25) is 9.59 Å². The SMILES string of the molecule is CCN(C(=O)c1ccc(F)c(Cl)c1)C(C)CC(=O)O.